The highest BCUT2D eigenvalue weighted by atomic mass is 35.5. The van der Waals surface area contributed by atoms with E-state index in [4.69, 9.17) is 26.8 Å². The molecule has 1 heterocycles. The van der Waals surface area contributed by atoms with Crippen molar-refractivity contribution in [2.75, 3.05) is 30.8 Å². The number of nitrogens with zero attached hydrogens (tertiary/aromatic N) is 1. The van der Waals surface area contributed by atoms with E-state index in [0.717, 1.165) is 5.56 Å². The minimum atomic E-state index is -0.452. The molecule has 3 amide bonds. The fourth-order valence-electron chi connectivity index (χ4n) is 2.80. The van der Waals surface area contributed by atoms with E-state index in [2.05, 4.69) is 20.9 Å². The number of nitrogens with one attached hydrogen (secondary N) is 3. The zero-order chi connectivity index (χ0) is 23.8. The van der Waals surface area contributed by atoms with Gasteiger partial charge < -0.3 is 31.2 Å². The van der Waals surface area contributed by atoms with Crippen LogP contribution < -0.4 is 31.2 Å². The molecule has 2 aromatic carbocycles. The van der Waals surface area contributed by atoms with Crippen LogP contribution in [0.4, 0.5) is 16.2 Å². The first-order chi connectivity index (χ1) is 15.9. The number of anilines is 2. The summed E-state index contributed by atoms with van der Waals surface area (Å²) in [5.74, 6) is 1.12. The molecule has 33 heavy (non-hydrogen) atoms. The molecule has 0 bridgehead atoms. The lowest BCUT2D eigenvalue weighted by Gasteiger charge is -2.15. The number of nitrogens with two attached hydrogens (primary N) is 1. The summed E-state index contributed by atoms with van der Waals surface area (Å²) >= 11 is 6.16. The molecular weight excluding hydrogens is 446 g/mol. The van der Waals surface area contributed by atoms with Crippen LogP contribution in [-0.4, -0.2) is 37.1 Å². The summed E-state index contributed by atoms with van der Waals surface area (Å²) in [5, 5.41) is 8.55. The van der Waals surface area contributed by atoms with Gasteiger partial charge in [0.2, 0.25) is 0 Å². The predicted octanol–water partition coefficient (Wildman–Crippen LogP) is 4.18. The quantitative estimate of drug-likeness (QED) is 0.392. The molecule has 0 radical (unpaired) electrons. The van der Waals surface area contributed by atoms with E-state index in [1.807, 2.05) is 6.92 Å². The highest BCUT2D eigenvalue weighted by molar-refractivity contribution is 6.31. The molecule has 0 unspecified atom stereocenters. The predicted molar refractivity (Wildman–Crippen MR) is 128 cm³/mol. The van der Waals surface area contributed by atoms with Gasteiger partial charge in [-0.25, -0.2) is 4.79 Å². The van der Waals surface area contributed by atoms with Crippen LogP contribution in [0.15, 0.2) is 54.7 Å². The number of hydrogen-bond donors (Lipinski definition) is 4. The molecule has 1 aromatic heterocycles. The van der Waals surface area contributed by atoms with Gasteiger partial charge in [-0.2, -0.15) is 0 Å². The Bertz CT molecular complexity index is 1140. The van der Waals surface area contributed by atoms with E-state index < -0.39 is 6.03 Å². The summed E-state index contributed by atoms with van der Waals surface area (Å²) < 4.78 is 11.3. The molecule has 0 spiro atoms. The summed E-state index contributed by atoms with van der Waals surface area (Å²) in [6.45, 7) is 2.45. The smallest absolute Gasteiger partial charge is 0.323 e. The lowest BCUT2D eigenvalue weighted by molar-refractivity contribution is 0.0958. The Morgan fingerprint density at radius 3 is 2.52 bits per heavy atom. The maximum absolute atomic E-state index is 12.5. The Hall–Kier alpha value is -3.82. The number of urea groups is 1. The lowest BCUT2D eigenvalue weighted by atomic mass is 10.2. The van der Waals surface area contributed by atoms with Gasteiger partial charge in [0.25, 0.3) is 5.91 Å². The van der Waals surface area contributed by atoms with Gasteiger partial charge in [-0.3, -0.25) is 9.78 Å². The van der Waals surface area contributed by atoms with Crippen molar-refractivity contribution in [3.8, 4) is 17.2 Å². The van der Waals surface area contributed by atoms with Gasteiger partial charge in [0.05, 0.1) is 5.69 Å². The molecule has 0 saturated carbocycles. The Morgan fingerprint density at radius 2 is 1.82 bits per heavy atom. The number of ether oxygens (including phenoxy) is 2. The monoisotopic (exact) mass is 469 g/mol. The largest absolute Gasteiger partial charge is 0.490 e. The number of carbonyl (C=O) groups excluding carboxylic acids is 2. The van der Waals surface area contributed by atoms with Crippen LogP contribution in [0.5, 0.6) is 17.2 Å². The number of halogens is 1. The molecule has 5 N–H and O–H groups in total. The van der Waals surface area contributed by atoms with E-state index >= 15 is 0 Å². The standard InChI is InChI=1S/C23H24ClN5O4/c1-14-11-19(21(13-18(14)24)32-10-8-25)29-23(31)28-15-3-5-16(6-4-15)33-17-7-9-27-20(12-17)22(30)26-2/h3-7,9,11-13H,8,10,25H2,1-2H3,(H,26,30)(H2,28,29,31). The van der Waals surface area contributed by atoms with Crippen molar-refractivity contribution >= 4 is 34.9 Å². The van der Waals surface area contributed by atoms with Crippen LogP contribution >= 0.6 is 11.6 Å². The first-order valence-corrected chi connectivity index (χ1v) is 10.4. The first kappa shape index (κ1) is 23.8. The van der Waals surface area contributed by atoms with Crippen molar-refractivity contribution in [2.45, 2.75) is 6.92 Å². The highest BCUT2D eigenvalue weighted by Gasteiger charge is 2.12. The van der Waals surface area contributed by atoms with Crippen molar-refractivity contribution in [1.82, 2.24) is 10.3 Å². The number of carbonyl (C=O) groups is 2. The van der Waals surface area contributed by atoms with Gasteiger partial charge in [0.1, 0.15) is 29.5 Å². The first-order valence-electron chi connectivity index (χ1n) is 10.1. The van der Waals surface area contributed by atoms with Gasteiger partial charge in [-0.1, -0.05) is 11.6 Å². The highest BCUT2D eigenvalue weighted by Crippen LogP contribution is 2.31. The third-order valence-electron chi connectivity index (χ3n) is 4.42. The SMILES string of the molecule is CNC(=O)c1cc(Oc2ccc(NC(=O)Nc3cc(C)c(Cl)cc3OCCN)cc2)ccn1. The molecule has 10 heteroatoms. The normalized spacial score (nSPS) is 10.3. The van der Waals surface area contributed by atoms with Gasteiger partial charge >= 0.3 is 6.03 Å². The summed E-state index contributed by atoms with van der Waals surface area (Å²) in [6.07, 6.45) is 1.49. The summed E-state index contributed by atoms with van der Waals surface area (Å²) in [4.78, 5) is 28.2. The fraction of sp³-hybridized carbons (Fsp3) is 0.174. The Morgan fingerprint density at radius 1 is 1.06 bits per heavy atom. The van der Waals surface area contributed by atoms with Crippen LogP contribution in [0.1, 0.15) is 16.1 Å². The average Bonchev–Trinajstić information content (AvgIpc) is 2.81. The van der Waals surface area contributed by atoms with Gasteiger partial charge in [0, 0.05) is 42.6 Å². The number of pyridine rings is 1. The molecule has 3 aromatic rings. The van der Waals surface area contributed by atoms with E-state index in [1.54, 1.807) is 42.5 Å². The molecule has 0 aliphatic carbocycles. The second-order valence-electron chi connectivity index (χ2n) is 6.90. The van der Waals surface area contributed by atoms with Crippen LogP contribution in [0.2, 0.25) is 5.02 Å². The van der Waals surface area contributed by atoms with Crippen molar-refractivity contribution < 1.29 is 19.1 Å². The maximum Gasteiger partial charge on any atom is 0.323 e. The molecule has 9 nitrogen and oxygen atoms in total. The van der Waals surface area contributed by atoms with Crippen LogP contribution in [0, 0.1) is 6.92 Å². The Labute approximate surface area is 196 Å². The van der Waals surface area contributed by atoms with E-state index in [9.17, 15) is 9.59 Å². The topological polar surface area (TPSA) is 128 Å². The van der Waals surface area contributed by atoms with Gasteiger partial charge in [0.15, 0.2) is 0 Å². The molecule has 0 fully saturated rings. The third-order valence-corrected chi connectivity index (χ3v) is 4.83. The average molecular weight is 470 g/mol. The zero-order valence-electron chi connectivity index (χ0n) is 18.1. The number of hydrogen-bond acceptors (Lipinski definition) is 6. The number of aryl methyl sites for hydroxylation is 1. The van der Waals surface area contributed by atoms with Gasteiger partial charge in [-0.15, -0.1) is 0 Å². The van der Waals surface area contributed by atoms with E-state index in [0.29, 0.717) is 46.8 Å². The van der Waals surface area contributed by atoms with Crippen LogP contribution in [-0.2, 0) is 0 Å². The number of aromatic nitrogens is 1. The number of benzene rings is 2. The molecule has 0 atom stereocenters. The molecule has 0 aliphatic heterocycles. The second-order valence-corrected chi connectivity index (χ2v) is 7.30. The minimum absolute atomic E-state index is 0.247. The third kappa shape index (κ3) is 6.58. The number of amides is 3. The Kier molecular flexibility index (Phi) is 8.06. The maximum atomic E-state index is 12.5. The van der Waals surface area contributed by atoms with Crippen LogP contribution in [0.25, 0.3) is 0 Å². The molecule has 172 valence electrons. The Balaban J connectivity index is 1.64. The minimum Gasteiger partial charge on any atom is -0.490 e. The van der Waals surface area contributed by atoms with Gasteiger partial charge in [-0.05, 0) is 48.9 Å². The lowest BCUT2D eigenvalue weighted by Crippen LogP contribution is -2.20. The van der Waals surface area contributed by atoms with Crippen molar-refractivity contribution in [3.05, 3.63) is 71.0 Å². The zero-order valence-corrected chi connectivity index (χ0v) is 18.9. The fourth-order valence-corrected chi connectivity index (χ4v) is 2.96. The molecular formula is C23H24ClN5O4. The van der Waals surface area contributed by atoms with Crippen molar-refractivity contribution in [3.63, 3.8) is 0 Å². The van der Waals surface area contributed by atoms with Crippen molar-refractivity contribution in [2.24, 2.45) is 5.73 Å². The molecule has 3 rings (SSSR count). The van der Waals surface area contributed by atoms with Crippen LogP contribution in [0.3, 0.4) is 0 Å². The summed E-state index contributed by atoms with van der Waals surface area (Å²) in [7, 11) is 1.53. The second kappa shape index (κ2) is 11.2. The van der Waals surface area contributed by atoms with E-state index in [-0.39, 0.29) is 11.6 Å². The molecule has 0 saturated heterocycles. The summed E-state index contributed by atoms with van der Waals surface area (Å²) in [6, 6.07) is 12.9. The van der Waals surface area contributed by atoms with Crippen molar-refractivity contribution in [1.29, 1.82) is 0 Å². The molecule has 0 aliphatic rings. The summed E-state index contributed by atoms with van der Waals surface area (Å²) in [5.41, 5.74) is 7.57. The number of rotatable bonds is 8. The van der Waals surface area contributed by atoms with E-state index in [1.165, 1.54) is 19.3 Å².